The van der Waals surface area contributed by atoms with Gasteiger partial charge in [0.2, 0.25) is 0 Å². The Morgan fingerprint density at radius 2 is 2.22 bits per heavy atom. The number of thiazole rings is 1. The van der Waals surface area contributed by atoms with E-state index in [1.165, 1.54) is 11.1 Å². The van der Waals surface area contributed by atoms with E-state index in [9.17, 15) is 0 Å². The third kappa shape index (κ3) is 1.99. The molecule has 0 atom stereocenters. The van der Waals surface area contributed by atoms with Crippen LogP contribution in [0.15, 0.2) is 36.0 Å². The second-order valence-electron chi connectivity index (χ2n) is 4.31. The fraction of sp³-hybridized carbons (Fsp3) is 0.214. The van der Waals surface area contributed by atoms with Gasteiger partial charge in [0.1, 0.15) is 12.4 Å². The molecule has 3 rings (SSSR count). The molecular formula is C14H14N2OS. The van der Waals surface area contributed by atoms with Crippen LogP contribution >= 0.6 is 11.3 Å². The number of imidazole rings is 1. The normalized spacial score (nSPS) is 11.0. The predicted molar refractivity (Wildman–Crippen MR) is 73.3 cm³/mol. The lowest BCUT2D eigenvalue weighted by molar-refractivity contribution is 0.300. The van der Waals surface area contributed by atoms with Gasteiger partial charge in [-0.05, 0) is 31.0 Å². The van der Waals surface area contributed by atoms with Gasteiger partial charge in [0, 0.05) is 17.8 Å². The first-order valence-corrected chi connectivity index (χ1v) is 6.72. The highest BCUT2D eigenvalue weighted by Crippen LogP contribution is 2.22. The van der Waals surface area contributed by atoms with Gasteiger partial charge in [-0.1, -0.05) is 12.1 Å². The molecule has 0 aliphatic rings. The van der Waals surface area contributed by atoms with E-state index in [0.717, 1.165) is 16.4 Å². The van der Waals surface area contributed by atoms with Gasteiger partial charge in [-0.2, -0.15) is 0 Å². The molecule has 0 aliphatic heterocycles. The Bertz CT molecular complexity index is 655. The van der Waals surface area contributed by atoms with Gasteiger partial charge in [0.05, 0.1) is 5.69 Å². The monoisotopic (exact) mass is 258 g/mol. The smallest absolute Gasteiger partial charge is 0.193 e. The minimum atomic E-state index is 0.513. The highest BCUT2D eigenvalue weighted by Gasteiger charge is 2.05. The number of fused-ring (bicyclic) bond motifs is 1. The van der Waals surface area contributed by atoms with E-state index in [2.05, 4.69) is 24.9 Å². The minimum Gasteiger partial charge on any atom is -0.487 e. The molecule has 0 saturated carbocycles. The Hall–Kier alpha value is -1.81. The first-order chi connectivity index (χ1) is 8.74. The van der Waals surface area contributed by atoms with E-state index in [0.29, 0.717) is 6.61 Å². The van der Waals surface area contributed by atoms with E-state index in [1.807, 2.05) is 34.3 Å². The fourth-order valence-corrected chi connectivity index (χ4v) is 2.60. The lowest BCUT2D eigenvalue weighted by Gasteiger charge is -2.09. The largest absolute Gasteiger partial charge is 0.487 e. The number of aromatic nitrogens is 2. The number of ether oxygens (including phenoxy) is 1. The lowest BCUT2D eigenvalue weighted by Crippen LogP contribution is -1.98. The van der Waals surface area contributed by atoms with E-state index in [-0.39, 0.29) is 0 Å². The maximum absolute atomic E-state index is 5.83. The summed E-state index contributed by atoms with van der Waals surface area (Å²) >= 11 is 1.63. The maximum atomic E-state index is 5.83. The zero-order valence-corrected chi connectivity index (χ0v) is 11.2. The van der Waals surface area contributed by atoms with Gasteiger partial charge in [-0.25, -0.2) is 4.98 Å². The number of hydrogen-bond donors (Lipinski definition) is 0. The van der Waals surface area contributed by atoms with Crippen molar-refractivity contribution in [2.45, 2.75) is 20.5 Å². The van der Waals surface area contributed by atoms with E-state index >= 15 is 0 Å². The first kappa shape index (κ1) is 11.3. The molecule has 0 aliphatic carbocycles. The molecule has 1 aromatic carbocycles. The van der Waals surface area contributed by atoms with Crippen LogP contribution in [-0.4, -0.2) is 9.38 Å². The van der Waals surface area contributed by atoms with Crippen LogP contribution in [0.4, 0.5) is 0 Å². The Morgan fingerprint density at radius 3 is 3.06 bits per heavy atom. The molecule has 0 radical (unpaired) electrons. The highest BCUT2D eigenvalue weighted by atomic mass is 32.1. The molecule has 92 valence electrons. The van der Waals surface area contributed by atoms with Crippen molar-refractivity contribution in [2.75, 3.05) is 0 Å². The molecule has 0 spiro atoms. The summed E-state index contributed by atoms with van der Waals surface area (Å²) in [6, 6.07) is 6.11. The van der Waals surface area contributed by atoms with Gasteiger partial charge in [-0.3, -0.25) is 4.40 Å². The zero-order valence-electron chi connectivity index (χ0n) is 10.4. The van der Waals surface area contributed by atoms with Gasteiger partial charge in [-0.15, -0.1) is 11.3 Å². The summed E-state index contributed by atoms with van der Waals surface area (Å²) in [7, 11) is 0. The van der Waals surface area contributed by atoms with Crippen LogP contribution in [-0.2, 0) is 6.61 Å². The van der Waals surface area contributed by atoms with Crippen molar-refractivity contribution in [3.8, 4) is 5.75 Å². The number of benzene rings is 1. The van der Waals surface area contributed by atoms with Crippen LogP contribution < -0.4 is 4.74 Å². The summed E-state index contributed by atoms with van der Waals surface area (Å²) in [5.41, 5.74) is 3.40. The number of hydrogen-bond acceptors (Lipinski definition) is 3. The molecule has 0 fully saturated rings. The molecule has 2 aromatic heterocycles. The molecule has 4 heteroatoms. The van der Waals surface area contributed by atoms with Crippen LogP contribution in [0, 0.1) is 13.8 Å². The summed E-state index contributed by atoms with van der Waals surface area (Å²) in [4.78, 5) is 5.51. The van der Waals surface area contributed by atoms with Gasteiger partial charge >= 0.3 is 0 Å². The molecule has 3 aromatic rings. The number of aryl methyl sites for hydroxylation is 1. The highest BCUT2D eigenvalue weighted by molar-refractivity contribution is 7.15. The van der Waals surface area contributed by atoms with Crippen molar-refractivity contribution in [1.82, 2.24) is 9.38 Å². The van der Waals surface area contributed by atoms with E-state index < -0.39 is 0 Å². The average molecular weight is 258 g/mol. The summed E-state index contributed by atoms with van der Waals surface area (Å²) in [5.74, 6) is 0.936. The zero-order chi connectivity index (χ0) is 12.5. The molecule has 2 heterocycles. The van der Waals surface area contributed by atoms with Crippen LogP contribution in [0.1, 0.15) is 16.8 Å². The third-order valence-electron chi connectivity index (χ3n) is 3.07. The topological polar surface area (TPSA) is 26.5 Å². The first-order valence-electron chi connectivity index (χ1n) is 5.84. The maximum Gasteiger partial charge on any atom is 0.193 e. The second-order valence-corrected chi connectivity index (χ2v) is 5.18. The van der Waals surface area contributed by atoms with E-state index in [1.54, 1.807) is 11.3 Å². The summed E-state index contributed by atoms with van der Waals surface area (Å²) < 4.78 is 7.85. The number of nitrogens with zero attached hydrogens (tertiary/aromatic N) is 2. The van der Waals surface area contributed by atoms with Crippen molar-refractivity contribution >= 4 is 16.3 Å². The quantitative estimate of drug-likeness (QED) is 0.717. The van der Waals surface area contributed by atoms with Crippen LogP contribution in [0.2, 0.25) is 0 Å². The van der Waals surface area contributed by atoms with Crippen molar-refractivity contribution in [3.63, 3.8) is 0 Å². The Labute approximate surface area is 110 Å². The lowest BCUT2D eigenvalue weighted by atomic mass is 10.1. The van der Waals surface area contributed by atoms with Crippen LogP contribution in [0.25, 0.3) is 4.96 Å². The molecule has 0 amide bonds. The summed E-state index contributed by atoms with van der Waals surface area (Å²) in [6.07, 6.45) is 4.02. The predicted octanol–water partition coefficient (Wildman–Crippen LogP) is 3.59. The molecule has 0 bridgehead atoms. The van der Waals surface area contributed by atoms with Crippen molar-refractivity contribution in [2.24, 2.45) is 0 Å². The summed E-state index contributed by atoms with van der Waals surface area (Å²) in [6.45, 7) is 4.68. The molecule has 3 nitrogen and oxygen atoms in total. The minimum absolute atomic E-state index is 0.513. The fourth-order valence-electron chi connectivity index (χ4n) is 1.88. The average Bonchev–Trinajstić information content (AvgIpc) is 2.91. The standard InChI is InChI=1S/C14H14N2OS/c1-10-4-3-5-13(11(10)2)17-9-12-8-16-6-7-18-14(16)15-12/h3-8H,9H2,1-2H3. The SMILES string of the molecule is Cc1cccc(OCc2cn3ccsc3n2)c1C. The van der Waals surface area contributed by atoms with Crippen LogP contribution in [0.5, 0.6) is 5.75 Å². The van der Waals surface area contributed by atoms with Crippen molar-refractivity contribution in [3.05, 3.63) is 52.8 Å². The van der Waals surface area contributed by atoms with Gasteiger partial charge in [0.25, 0.3) is 0 Å². The third-order valence-corrected chi connectivity index (χ3v) is 3.84. The second kappa shape index (κ2) is 4.46. The molecule has 0 unspecified atom stereocenters. The van der Waals surface area contributed by atoms with Crippen molar-refractivity contribution in [1.29, 1.82) is 0 Å². The van der Waals surface area contributed by atoms with Crippen molar-refractivity contribution < 1.29 is 4.74 Å². The Morgan fingerprint density at radius 1 is 1.33 bits per heavy atom. The molecule has 0 N–H and O–H groups in total. The summed E-state index contributed by atoms with van der Waals surface area (Å²) in [5, 5.41) is 2.03. The molecular weight excluding hydrogens is 244 g/mol. The van der Waals surface area contributed by atoms with Crippen LogP contribution in [0.3, 0.4) is 0 Å². The van der Waals surface area contributed by atoms with Gasteiger partial charge in [0.15, 0.2) is 4.96 Å². The number of rotatable bonds is 3. The van der Waals surface area contributed by atoms with E-state index in [4.69, 9.17) is 4.74 Å². The molecule has 18 heavy (non-hydrogen) atoms. The Kier molecular flexibility index (Phi) is 2.80. The molecule has 0 saturated heterocycles. The Balaban J connectivity index is 1.78. The van der Waals surface area contributed by atoms with Gasteiger partial charge < -0.3 is 4.74 Å².